The number of ether oxygens (including phenoxy) is 1. The first-order chi connectivity index (χ1) is 5.63. The number of rotatable bonds is 2. The van der Waals surface area contributed by atoms with Crippen LogP contribution in [0.3, 0.4) is 0 Å². The SMILES string of the molecule is COc1nc(C)nc(N(C)C)n1. The lowest BCUT2D eigenvalue weighted by molar-refractivity contribution is 0.377. The third-order valence-electron chi connectivity index (χ3n) is 1.30. The molecule has 0 bridgehead atoms. The third-order valence-corrected chi connectivity index (χ3v) is 1.30. The summed E-state index contributed by atoms with van der Waals surface area (Å²) in [5.41, 5.74) is 0. The first kappa shape index (κ1) is 8.70. The van der Waals surface area contributed by atoms with Crippen LogP contribution in [0.1, 0.15) is 5.82 Å². The second kappa shape index (κ2) is 3.34. The van der Waals surface area contributed by atoms with Gasteiger partial charge in [0.25, 0.3) is 0 Å². The summed E-state index contributed by atoms with van der Waals surface area (Å²) in [6.45, 7) is 1.80. The van der Waals surface area contributed by atoms with E-state index in [0.29, 0.717) is 17.8 Å². The first-order valence-electron chi connectivity index (χ1n) is 3.57. The van der Waals surface area contributed by atoms with Crippen LogP contribution in [0.5, 0.6) is 6.01 Å². The van der Waals surface area contributed by atoms with Crippen molar-refractivity contribution < 1.29 is 4.74 Å². The Labute approximate surface area is 71.4 Å². The molecule has 66 valence electrons. The number of anilines is 1. The predicted octanol–water partition coefficient (Wildman–Crippen LogP) is 0.255. The minimum absolute atomic E-state index is 0.353. The maximum atomic E-state index is 4.90. The number of aryl methyl sites for hydroxylation is 1. The van der Waals surface area contributed by atoms with Crippen LogP contribution in [0.15, 0.2) is 0 Å². The highest BCUT2D eigenvalue weighted by molar-refractivity contribution is 5.27. The quantitative estimate of drug-likeness (QED) is 0.633. The Hall–Kier alpha value is -1.39. The van der Waals surface area contributed by atoms with Gasteiger partial charge in [0.2, 0.25) is 5.95 Å². The Morgan fingerprint density at radius 2 is 1.83 bits per heavy atom. The fourth-order valence-electron chi connectivity index (χ4n) is 0.735. The molecule has 0 atom stereocenters. The average molecular weight is 168 g/mol. The van der Waals surface area contributed by atoms with Gasteiger partial charge >= 0.3 is 6.01 Å². The monoisotopic (exact) mass is 168 g/mol. The Morgan fingerprint density at radius 3 is 2.33 bits per heavy atom. The van der Waals surface area contributed by atoms with Crippen LogP contribution in [0.2, 0.25) is 0 Å². The fourth-order valence-corrected chi connectivity index (χ4v) is 0.735. The summed E-state index contributed by atoms with van der Waals surface area (Å²) < 4.78 is 4.90. The van der Waals surface area contributed by atoms with Crippen LogP contribution < -0.4 is 9.64 Å². The lowest BCUT2D eigenvalue weighted by Gasteiger charge is -2.10. The molecular formula is C7H12N4O. The van der Waals surface area contributed by atoms with Crippen LogP contribution in [-0.4, -0.2) is 36.2 Å². The van der Waals surface area contributed by atoms with E-state index in [9.17, 15) is 0 Å². The van der Waals surface area contributed by atoms with E-state index in [0.717, 1.165) is 0 Å². The molecule has 0 fully saturated rings. The van der Waals surface area contributed by atoms with E-state index < -0.39 is 0 Å². The highest BCUT2D eigenvalue weighted by Gasteiger charge is 2.04. The Kier molecular flexibility index (Phi) is 2.42. The molecule has 0 unspecified atom stereocenters. The van der Waals surface area contributed by atoms with E-state index in [1.165, 1.54) is 7.11 Å². The van der Waals surface area contributed by atoms with Crippen molar-refractivity contribution in [3.05, 3.63) is 5.82 Å². The molecule has 1 rings (SSSR count). The van der Waals surface area contributed by atoms with Gasteiger partial charge in [-0.05, 0) is 6.92 Å². The predicted molar refractivity (Wildman–Crippen MR) is 45.4 cm³/mol. The van der Waals surface area contributed by atoms with Crippen molar-refractivity contribution in [2.75, 3.05) is 26.1 Å². The molecular weight excluding hydrogens is 156 g/mol. The Balaban J connectivity index is 3.06. The van der Waals surface area contributed by atoms with Gasteiger partial charge in [0.15, 0.2) is 0 Å². The molecule has 5 nitrogen and oxygen atoms in total. The lowest BCUT2D eigenvalue weighted by atomic mass is 10.7. The zero-order valence-electron chi connectivity index (χ0n) is 7.70. The lowest BCUT2D eigenvalue weighted by Crippen LogP contribution is -2.14. The van der Waals surface area contributed by atoms with Crippen molar-refractivity contribution in [2.24, 2.45) is 0 Å². The molecule has 0 saturated heterocycles. The summed E-state index contributed by atoms with van der Waals surface area (Å²) in [4.78, 5) is 13.9. The van der Waals surface area contributed by atoms with Crippen LogP contribution >= 0.6 is 0 Å². The van der Waals surface area contributed by atoms with Gasteiger partial charge in [-0.2, -0.15) is 15.0 Å². The normalized spacial score (nSPS) is 9.67. The van der Waals surface area contributed by atoms with Gasteiger partial charge < -0.3 is 9.64 Å². The summed E-state index contributed by atoms with van der Waals surface area (Å²) in [7, 11) is 5.27. The molecule has 0 aliphatic carbocycles. The smallest absolute Gasteiger partial charge is 0.321 e. The van der Waals surface area contributed by atoms with Crippen molar-refractivity contribution in [1.29, 1.82) is 0 Å². The molecule has 0 spiro atoms. The van der Waals surface area contributed by atoms with Crippen molar-refractivity contribution in [3.63, 3.8) is 0 Å². The largest absolute Gasteiger partial charge is 0.467 e. The van der Waals surface area contributed by atoms with Crippen molar-refractivity contribution in [3.8, 4) is 6.01 Å². The summed E-state index contributed by atoms with van der Waals surface area (Å²) in [6, 6.07) is 0.353. The summed E-state index contributed by atoms with van der Waals surface area (Å²) in [5, 5.41) is 0. The van der Waals surface area contributed by atoms with E-state index in [2.05, 4.69) is 15.0 Å². The molecule has 0 aliphatic heterocycles. The highest BCUT2D eigenvalue weighted by atomic mass is 16.5. The number of nitrogens with zero attached hydrogens (tertiary/aromatic N) is 4. The maximum absolute atomic E-state index is 4.90. The number of methoxy groups -OCH3 is 1. The molecule has 1 aromatic rings. The number of aromatic nitrogens is 3. The molecule has 0 aliphatic rings. The minimum Gasteiger partial charge on any atom is -0.467 e. The van der Waals surface area contributed by atoms with Gasteiger partial charge in [-0.15, -0.1) is 0 Å². The third kappa shape index (κ3) is 1.81. The van der Waals surface area contributed by atoms with Gasteiger partial charge in [0, 0.05) is 14.1 Å². The van der Waals surface area contributed by atoms with Gasteiger partial charge in [-0.1, -0.05) is 0 Å². The van der Waals surface area contributed by atoms with Gasteiger partial charge in [-0.3, -0.25) is 0 Å². The average Bonchev–Trinajstić information content (AvgIpc) is 2.03. The Bertz CT molecular complexity index is 274. The maximum Gasteiger partial charge on any atom is 0.321 e. The van der Waals surface area contributed by atoms with E-state index in [4.69, 9.17) is 4.74 Å². The van der Waals surface area contributed by atoms with Gasteiger partial charge in [0.1, 0.15) is 5.82 Å². The van der Waals surface area contributed by atoms with E-state index >= 15 is 0 Å². The number of hydrogen-bond acceptors (Lipinski definition) is 5. The second-order valence-electron chi connectivity index (χ2n) is 2.56. The molecule has 5 heteroatoms. The molecule has 0 radical (unpaired) electrons. The van der Waals surface area contributed by atoms with E-state index in [1.807, 2.05) is 14.1 Å². The molecule has 0 N–H and O–H groups in total. The van der Waals surface area contributed by atoms with Crippen molar-refractivity contribution >= 4 is 5.95 Å². The van der Waals surface area contributed by atoms with Gasteiger partial charge in [-0.25, -0.2) is 0 Å². The topological polar surface area (TPSA) is 51.1 Å². The zero-order valence-corrected chi connectivity index (χ0v) is 7.70. The summed E-state index contributed by atoms with van der Waals surface area (Å²) in [5.74, 6) is 1.27. The van der Waals surface area contributed by atoms with Crippen LogP contribution in [0.4, 0.5) is 5.95 Å². The first-order valence-corrected chi connectivity index (χ1v) is 3.57. The molecule has 0 amide bonds. The van der Waals surface area contributed by atoms with Crippen LogP contribution in [0.25, 0.3) is 0 Å². The highest BCUT2D eigenvalue weighted by Crippen LogP contribution is 2.07. The van der Waals surface area contributed by atoms with E-state index in [1.54, 1.807) is 11.8 Å². The minimum atomic E-state index is 0.353. The Morgan fingerprint density at radius 1 is 1.17 bits per heavy atom. The van der Waals surface area contributed by atoms with Crippen molar-refractivity contribution in [2.45, 2.75) is 6.92 Å². The molecule has 1 aromatic heterocycles. The summed E-state index contributed by atoms with van der Waals surface area (Å²) in [6.07, 6.45) is 0. The molecule has 12 heavy (non-hydrogen) atoms. The molecule has 0 saturated carbocycles. The standard InChI is InChI=1S/C7H12N4O/c1-5-8-6(11(2)3)10-7(9-5)12-4/h1-4H3. The van der Waals surface area contributed by atoms with Gasteiger partial charge in [0.05, 0.1) is 7.11 Å². The zero-order chi connectivity index (χ0) is 9.14. The second-order valence-corrected chi connectivity index (χ2v) is 2.56. The number of hydrogen-bond donors (Lipinski definition) is 0. The van der Waals surface area contributed by atoms with Crippen LogP contribution in [0, 0.1) is 6.92 Å². The molecule has 1 heterocycles. The van der Waals surface area contributed by atoms with E-state index in [-0.39, 0.29) is 0 Å². The van der Waals surface area contributed by atoms with Crippen LogP contribution in [-0.2, 0) is 0 Å². The van der Waals surface area contributed by atoms with Crippen molar-refractivity contribution in [1.82, 2.24) is 15.0 Å². The molecule has 0 aromatic carbocycles. The fraction of sp³-hybridized carbons (Fsp3) is 0.571. The summed E-state index contributed by atoms with van der Waals surface area (Å²) >= 11 is 0.